The van der Waals surface area contributed by atoms with E-state index in [1.807, 2.05) is 36.1 Å². The molecule has 0 spiro atoms. The molecule has 22 heavy (non-hydrogen) atoms. The lowest BCUT2D eigenvalue weighted by molar-refractivity contribution is -0.114. The SMILES string of the molecule is CCCNC(=O)N1CCN(c2ccc(NC(C)=O)cc2)CC1. The van der Waals surface area contributed by atoms with Crippen molar-refractivity contribution in [3.63, 3.8) is 0 Å². The van der Waals surface area contributed by atoms with Gasteiger partial charge < -0.3 is 20.4 Å². The molecule has 1 aliphatic rings. The van der Waals surface area contributed by atoms with Gasteiger partial charge in [-0.15, -0.1) is 0 Å². The van der Waals surface area contributed by atoms with Crippen LogP contribution < -0.4 is 15.5 Å². The van der Waals surface area contributed by atoms with E-state index in [1.165, 1.54) is 6.92 Å². The third-order valence-electron chi connectivity index (χ3n) is 3.65. The van der Waals surface area contributed by atoms with Gasteiger partial charge in [-0.1, -0.05) is 6.92 Å². The minimum Gasteiger partial charge on any atom is -0.368 e. The fourth-order valence-electron chi connectivity index (χ4n) is 2.47. The van der Waals surface area contributed by atoms with Gasteiger partial charge in [0.2, 0.25) is 5.91 Å². The Morgan fingerprint density at radius 2 is 1.73 bits per heavy atom. The molecule has 0 unspecified atom stereocenters. The van der Waals surface area contributed by atoms with Crippen molar-refractivity contribution < 1.29 is 9.59 Å². The van der Waals surface area contributed by atoms with Gasteiger partial charge in [0.15, 0.2) is 0 Å². The van der Waals surface area contributed by atoms with Gasteiger partial charge in [0.25, 0.3) is 0 Å². The minimum atomic E-state index is -0.0699. The Bertz CT molecular complexity index is 507. The minimum absolute atomic E-state index is 0.0301. The molecule has 120 valence electrons. The zero-order valence-electron chi connectivity index (χ0n) is 13.3. The summed E-state index contributed by atoms with van der Waals surface area (Å²) in [4.78, 5) is 27.0. The molecule has 0 atom stereocenters. The summed E-state index contributed by atoms with van der Waals surface area (Å²) in [5.74, 6) is -0.0699. The number of hydrogen-bond donors (Lipinski definition) is 2. The molecular weight excluding hydrogens is 280 g/mol. The molecule has 1 aromatic carbocycles. The lowest BCUT2D eigenvalue weighted by Crippen LogP contribution is -2.52. The van der Waals surface area contributed by atoms with E-state index < -0.39 is 0 Å². The van der Waals surface area contributed by atoms with Crippen LogP contribution in [0.15, 0.2) is 24.3 Å². The fourth-order valence-corrected chi connectivity index (χ4v) is 2.47. The average molecular weight is 304 g/mol. The maximum absolute atomic E-state index is 11.9. The molecule has 2 rings (SSSR count). The quantitative estimate of drug-likeness (QED) is 0.893. The number of piperazine rings is 1. The number of hydrogen-bond acceptors (Lipinski definition) is 3. The molecule has 0 bridgehead atoms. The Hall–Kier alpha value is -2.24. The van der Waals surface area contributed by atoms with E-state index in [-0.39, 0.29) is 11.9 Å². The Balaban J connectivity index is 1.86. The number of benzene rings is 1. The molecular formula is C16H24N4O2. The van der Waals surface area contributed by atoms with Crippen LogP contribution in [0.3, 0.4) is 0 Å². The van der Waals surface area contributed by atoms with Crippen molar-refractivity contribution in [2.75, 3.05) is 42.9 Å². The molecule has 1 aliphatic heterocycles. The largest absolute Gasteiger partial charge is 0.368 e. The standard InChI is InChI=1S/C16H24N4O2/c1-3-8-17-16(22)20-11-9-19(10-12-20)15-6-4-14(5-7-15)18-13(2)21/h4-7H,3,8-12H2,1-2H3,(H,17,22)(H,18,21). The van der Waals surface area contributed by atoms with Crippen molar-refractivity contribution in [1.82, 2.24) is 10.2 Å². The molecule has 1 aromatic rings. The predicted molar refractivity (Wildman–Crippen MR) is 88.2 cm³/mol. The van der Waals surface area contributed by atoms with Gasteiger partial charge in [-0.25, -0.2) is 4.79 Å². The first-order valence-corrected chi connectivity index (χ1v) is 7.75. The Kier molecular flexibility index (Phi) is 5.63. The van der Waals surface area contributed by atoms with Crippen LogP contribution in [0.2, 0.25) is 0 Å². The Morgan fingerprint density at radius 3 is 2.27 bits per heavy atom. The molecule has 0 aliphatic carbocycles. The van der Waals surface area contributed by atoms with Gasteiger partial charge in [0.1, 0.15) is 0 Å². The maximum atomic E-state index is 11.9. The summed E-state index contributed by atoms with van der Waals surface area (Å²) in [5.41, 5.74) is 1.91. The van der Waals surface area contributed by atoms with Crippen LogP contribution >= 0.6 is 0 Å². The van der Waals surface area contributed by atoms with Crippen LogP contribution in [0.5, 0.6) is 0 Å². The molecule has 1 fully saturated rings. The third kappa shape index (κ3) is 4.38. The first-order valence-electron chi connectivity index (χ1n) is 7.75. The van der Waals surface area contributed by atoms with Crippen LogP contribution in [-0.4, -0.2) is 49.6 Å². The molecule has 6 heteroatoms. The highest BCUT2D eigenvalue weighted by Crippen LogP contribution is 2.19. The number of carbonyl (C=O) groups excluding carboxylic acids is 2. The number of nitrogens with zero attached hydrogens (tertiary/aromatic N) is 2. The first-order chi connectivity index (χ1) is 10.6. The van der Waals surface area contributed by atoms with Crippen LogP contribution in [0.25, 0.3) is 0 Å². The summed E-state index contributed by atoms with van der Waals surface area (Å²) in [5, 5.41) is 5.67. The van der Waals surface area contributed by atoms with Crippen molar-refractivity contribution in [2.24, 2.45) is 0 Å². The molecule has 1 heterocycles. The van der Waals surface area contributed by atoms with E-state index in [2.05, 4.69) is 15.5 Å². The first kappa shape index (κ1) is 16.1. The van der Waals surface area contributed by atoms with Crippen LogP contribution in [-0.2, 0) is 4.79 Å². The van der Waals surface area contributed by atoms with Crippen molar-refractivity contribution in [3.05, 3.63) is 24.3 Å². The topological polar surface area (TPSA) is 64.7 Å². The van der Waals surface area contributed by atoms with Gasteiger partial charge in [-0.3, -0.25) is 4.79 Å². The van der Waals surface area contributed by atoms with Gasteiger partial charge >= 0.3 is 6.03 Å². The third-order valence-corrected chi connectivity index (χ3v) is 3.65. The Labute approximate surface area is 131 Å². The molecule has 2 N–H and O–H groups in total. The van der Waals surface area contributed by atoms with E-state index in [9.17, 15) is 9.59 Å². The number of urea groups is 1. The predicted octanol–water partition coefficient (Wildman–Crippen LogP) is 1.89. The van der Waals surface area contributed by atoms with Gasteiger partial charge in [-0.2, -0.15) is 0 Å². The van der Waals surface area contributed by atoms with Crippen LogP contribution in [0, 0.1) is 0 Å². The highest BCUT2D eigenvalue weighted by Gasteiger charge is 2.20. The van der Waals surface area contributed by atoms with Crippen molar-refractivity contribution >= 4 is 23.3 Å². The zero-order valence-corrected chi connectivity index (χ0v) is 13.3. The summed E-state index contributed by atoms with van der Waals surface area (Å²) in [6.07, 6.45) is 0.951. The summed E-state index contributed by atoms with van der Waals surface area (Å²) in [6, 6.07) is 7.83. The number of carbonyl (C=O) groups is 2. The average Bonchev–Trinajstić information content (AvgIpc) is 2.53. The molecule has 0 radical (unpaired) electrons. The smallest absolute Gasteiger partial charge is 0.317 e. The van der Waals surface area contributed by atoms with E-state index in [0.717, 1.165) is 50.5 Å². The molecule has 6 nitrogen and oxygen atoms in total. The lowest BCUT2D eigenvalue weighted by atomic mass is 10.2. The lowest BCUT2D eigenvalue weighted by Gasteiger charge is -2.36. The highest BCUT2D eigenvalue weighted by molar-refractivity contribution is 5.88. The van der Waals surface area contributed by atoms with Gasteiger partial charge in [0, 0.05) is 51.0 Å². The van der Waals surface area contributed by atoms with E-state index >= 15 is 0 Å². The van der Waals surface area contributed by atoms with E-state index in [4.69, 9.17) is 0 Å². The van der Waals surface area contributed by atoms with Gasteiger partial charge in [-0.05, 0) is 30.7 Å². The molecule has 0 saturated carbocycles. The second kappa shape index (κ2) is 7.68. The molecule has 3 amide bonds. The number of nitrogens with one attached hydrogen (secondary N) is 2. The van der Waals surface area contributed by atoms with Crippen molar-refractivity contribution in [2.45, 2.75) is 20.3 Å². The molecule has 1 saturated heterocycles. The van der Waals surface area contributed by atoms with Gasteiger partial charge in [0.05, 0.1) is 0 Å². The summed E-state index contributed by atoms with van der Waals surface area (Å²) in [7, 11) is 0. The second-order valence-corrected chi connectivity index (χ2v) is 5.43. The van der Waals surface area contributed by atoms with Crippen LogP contribution in [0.1, 0.15) is 20.3 Å². The Morgan fingerprint density at radius 1 is 1.09 bits per heavy atom. The zero-order chi connectivity index (χ0) is 15.9. The van der Waals surface area contributed by atoms with Crippen molar-refractivity contribution in [3.8, 4) is 0 Å². The number of anilines is 2. The second-order valence-electron chi connectivity index (χ2n) is 5.43. The fraction of sp³-hybridized carbons (Fsp3) is 0.500. The van der Waals surface area contributed by atoms with E-state index in [0.29, 0.717) is 0 Å². The normalized spacial score (nSPS) is 14.6. The monoisotopic (exact) mass is 304 g/mol. The number of amides is 3. The van der Waals surface area contributed by atoms with Crippen molar-refractivity contribution in [1.29, 1.82) is 0 Å². The highest BCUT2D eigenvalue weighted by atomic mass is 16.2. The summed E-state index contributed by atoms with van der Waals surface area (Å²) >= 11 is 0. The number of rotatable bonds is 4. The maximum Gasteiger partial charge on any atom is 0.317 e. The summed E-state index contributed by atoms with van der Waals surface area (Å²) in [6.45, 7) is 7.35. The van der Waals surface area contributed by atoms with Crippen LogP contribution in [0.4, 0.5) is 16.2 Å². The summed E-state index contributed by atoms with van der Waals surface area (Å²) < 4.78 is 0. The van der Waals surface area contributed by atoms with E-state index in [1.54, 1.807) is 0 Å². The molecule has 0 aromatic heterocycles.